The standard InChI is InChI=1S/C16H24N4O2S/c1-19(2)15(21)12-22-14-5-3-4-13(10-14)11-18-16(17)20-6-8-23-9-7-20/h3-5,10H,6-9,11-12H2,1-2H3,(H2,17,18). The molecule has 0 unspecified atom stereocenters. The predicted octanol–water partition coefficient (Wildman–Crippen LogP) is 1.02. The van der Waals surface area contributed by atoms with Gasteiger partial charge in [0.05, 0.1) is 6.54 Å². The molecule has 1 saturated heterocycles. The summed E-state index contributed by atoms with van der Waals surface area (Å²) >= 11 is 1.94. The molecule has 2 rings (SSSR count). The zero-order chi connectivity index (χ0) is 16.7. The number of carbonyl (C=O) groups is 1. The largest absolute Gasteiger partial charge is 0.484 e. The van der Waals surface area contributed by atoms with Crippen LogP contribution in [0.5, 0.6) is 5.75 Å². The van der Waals surface area contributed by atoms with Crippen LogP contribution in [0.3, 0.4) is 0 Å². The molecule has 0 aliphatic carbocycles. The normalized spacial score (nSPS) is 15.4. The number of carbonyl (C=O) groups excluding carboxylic acids is 1. The molecular weight excluding hydrogens is 312 g/mol. The van der Waals surface area contributed by atoms with E-state index in [1.54, 1.807) is 14.1 Å². The zero-order valence-corrected chi connectivity index (χ0v) is 14.5. The molecule has 1 aromatic rings. The Labute approximate surface area is 141 Å². The summed E-state index contributed by atoms with van der Waals surface area (Å²) in [4.78, 5) is 19.6. The number of hydrogen-bond donors (Lipinski definition) is 1. The van der Waals surface area contributed by atoms with E-state index >= 15 is 0 Å². The number of likely N-dealkylation sites (N-methyl/N-ethyl adjacent to an activating group) is 1. The molecule has 1 aliphatic heterocycles. The third kappa shape index (κ3) is 5.67. The van der Waals surface area contributed by atoms with Gasteiger partial charge >= 0.3 is 0 Å². The third-order valence-electron chi connectivity index (χ3n) is 3.52. The van der Waals surface area contributed by atoms with Crippen molar-refractivity contribution in [3.05, 3.63) is 29.8 Å². The number of guanidine groups is 1. The van der Waals surface area contributed by atoms with Gasteiger partial charge in [0.1, 0.15) is 5.75 Å². The molecule has 1 aliphatic rings. The predicted molar refractivity (Wildman–Crippen MR) is 94.9 cm³/mol. The van der Waals surface area contributed by atoms with Gasteiger partial charge in [0.25, 0.3) is 5.91 Å². The average molecular weight is 336 g/mol. The molecule has 1 aromatic carbocycles. The van der Waals surface area contributed by atoms with Crippen molar-refractivity contribution in [2.75, 3.05) is 45.3 Å². The maximum atomic E-state index is 11.5. The number of aliphatic imine (C=N–C) groups is 1. The molecule has 0 saturated carbocycles. The molecular formula is C16H24N4O2S. The van der Waals surface area contributed by atoms with E-state index < -0.39 is 0 Å². The highest BCUT2D eigenvalue weighted by Crippen LogP contribution is 2.15. The monoisotopic (exact) mass is 336 g/mol. The Hall–Kier alpha value is -1.89. The lowest BCUT2D eigenvalue weighted by atomic mass is 10.2. The number of nitrogens with two attached hydrogens (primary N) is 1. The SMILES string of the molecule is CN(C)C(=O)COc1cccc(CN=C(N)N2CCSCC2)c1. The molecule has 1 amide bonds. The molecule has 2 N–H and O–H groups in total. The van der Waals surface area contributed by atoms with Gasteiger partial charge in [-0.15, -0.1) is 0 Å². The Morgan fingerprint density at radius 1 is 1.39 bits per heavy atom. The van der Waals surface area contributed by atoms with Gasteiger partial charge in [-0.2, -0.15) is 11.8 Å². The van der Waals surface area contributed by atoms with Gasteiger partial charge in [0, 0.05) is 38.7 Å². The number of ether oxygens (including phenoxy) is 1. The van der Waals surface area contributed by atoms with E-state index in [9.17, 15) is 4.79 Å². The van der Waals surface area contributed by atoms with Crippen molar-refractivity contribution < 1.29 is 9.53 Å². The number of nitrogens with zero attached hydrogens (tertiary/aromatic N) is 3. The first-order chi connectivity index (χ1) is 11.1. The first kappa shape index (κ1) is 17.5. The molecule has 0 radical (unpaired) electrons. The van der Waals surface area contributed by atoms with Gasteiger partial charge in [0.15, 0.2) is 12.6 Å². The first-order valence-electron chi connectivity index (χ1n) is 7.61. The molecule has 7 heteroatoms. The van der Waals surface area contributed by atoms with E-state index in [-0.39, 0.29) is 12.5 Å². The van der Waals surface area contributed by atoms with E-state index in [1.165, 1.54) is 4.90 Å². The van der Waals surface area contributed by atoms with Crippen molar-refractivity contribution in [3.8, 4) is 5.75 Å². The smallest absolute Gasteiger partial charge is 0.259 e. The van der Waals surface area contributed by atoms with Crippen LogP contribution >= 0.6 is 11.8 Å². The van der Waals surface area contributed by atoms with Gasteiger partial charge < -0.3 is 20.3 Å². The number of benzene rings is 1. The minimum Gasteiger partial charge on any atom is -0.484 e. The summed E-state index contributed by atoms with van der Waals surface area (Å²) in [7, 11) is 3.41. The van der Waals surface area contributed by atoms with Crippen LogP contribution in [-0.4, -0.2) is 67.0 Å². The summed E-state index contributed by atoms with van der Waals surface area (Å²) in [6, 6.07) is 7.60. The maximum absolute atomic E-state index is 11.5. The molecule has 6 nitrogen and oxygen atoms in total. The molecule has 0 atom stereocenters. The van der Waals surface area contributed by atoms with Crippen LogP contribution in [0.1, 0.15) is 5.56 Å². The molecule has 0 bridgehead atoms. The highest BCUT2D eigenvalue weighted by molar-refractivity contribution is 7.99. The maximum Gasteiger partial charge on any atom is 0.259 e. The van der Waals surface area contributed by atoms with Gasteiger partial charge in [-0.3, -0.25) is 4.79 Å². The Morgan fingerprint density at radius 2 is 2.13 bits per heavy atom. The van der Waals surface area contributed by atoms with Crippen LogP contribution in [0.25, 0.3) is 0 Å². The van der Waals surface area contributed by atoms with Gasteiger partial charge in [0.2, 0.25) is 0 Å². The fourth-order valence-electron chi connectivity index (χ4n) is 2.07. The Bertz CT molecular complexity index is 557. The molecule has 1 heterocycles. The van der Waals surface area contributed by atoms with Gasteiger partial charge in [-0.25, -0.2) is 4.99 Å². The summed E-state index contributed by atoms with van der Waals surface area (Å²) in [5.74, 6) is 3.39. The van der Waals surface area contributed by atoms with Crippen LogP contribution in [0.4, 0.5) is 0 Å². The topological polar surface area (TPSA) is 71.2 Å². The fraction of sp³-hybridized carbons (Fsp3) is 0.500. The number of hydrogen-bond acceptors (Lipinski definition) is 4. The van der Waals surface area contributed by atoms with Crippen LogP contribution in [0.15, 0.2) is 29.3 Å². The Kier molecular flexibility index (Phi) is 6.58. The van der Waals surface area contributed by atoms with Crippen LogP contribution in [0.2, 0.25) is 0 Å². The Balaban J connectivity index is 1.90. The number of amides is 1. The highest BCUT2D eigenvalue weighted by atomic mass is 32.2. The van der Waals surface area contributed by atoms with Crippen molar-refractivity contribution in [2.45, 2.75) is 6.54 Å². The fourth-order valence-corrected chi connectivity index (χ4v) is 2.98. The minimum absolute atomic E-state index is 0.0350. The third-order valence-corrected chi connectivity index (χ3v) is 4.46. The van der Waals surface area contributed by atoms with E-state index in [0.29, 0.717) is 18.3 Å². The summed E-state index contributed by atoms with van der Waals surface area (Å²) in [6.07, 6.45) is 0. The van der Waals surface area contributed by atoms with Crippen molar-refractivity contribution in [1.82, 2.24) is 9.80 Å². The van der Waals surface area contributed by atoms with Crippen LogP contribution in [0, 0.1) is 0 Å². The van der Waals surface area contributed by atoms with Crippen molar-refractivity contribution in [1.29, 1.82) is 0 Å². The summed E-state index contributed by atoms with van der Waals surface area (Å²) in [5.41, 5.74) is 7.06. The quantitative estimate of drug-likeness (QED) is 0.642. The van der Waals surface area contributed by atoms with E-state index in [1.807, 2.05) is 36.0 Å². The first-order valence-corrected chi connectivity index (χ1v) is 8.76. The lowest BCUT2D eigenvalue weighted by Gasteiger charge is -2.27. The molecule has 0 aromatic heterocycles. The van der Waals surface area contributed by atoms with E-state index in [4.69, 9.17) is 10.5 Å². The lowest BCUT2D eigenvalue weighted by Crippen LogP contribution is -2.42. The summed E-state index contributed by atoms with van der Waals surface area (Å²) < 4.78 is 5.51. The second-order valence-corrected chi connectivity index (χ2v) is 6.72. The van der Waals surface area contributed by atoms with E-state index in [2.05, 4.69) is 9.89 Å². The second-order valence-electron chi connectivity index (χ2n) is 5.50. The molecule has 23 heavy (non-hydrogen) atoms. The second kappa shape index (κ2) is 8.67. The van der Waals surface area contributed by atoms with E-state index in [0.717, 1.165) is 30.2 Å². The average Bonchev–Trinajstić information content (AvgIpc) is 2.58. The van der Waals surface area contributed by atoms with Gasteiger partial charge in [-0.1, -0.05) is 12.1 Å². The molecule has 1 fully saturated rings. The number of rotatable bonds is 5. The summed E-state index contributed by atoms with van der Waals surface area (Å²) in [6.45, 7) is 2.45. The van der Waals surface area contributed by atoms with Crippen molar-refractivity contribution in [3.63, 3.8) is 0 Å². The highest BCUT2D eigenvalue weighted by Gasteiger charge is 2.12. The van der Waals surface area contributed by atoms with Crippen LogP contribution < -0.4 is 10.5 Å². The zero-order valence-electron chi connectivity index (χ0n) is 13.7. The van der Waals surface area contributed by atoms with Gasteiger partial charge in [-0.05, 0) is 17.7 Å². The lowest BCUT2D eigenvalue weighted by molar-refractivity contribution is -0.130. The minimum atomic E-state index is -0.0689. The summed E-state index contributed by atoms with van der Waals surface area (Å²) in [5, 5.41) is 0. The molecule has 0 spiro atoms. The number of thioether (sulfide) groups is 1. The molecule has 126 valence electrons. The van der Waals surface area contributed by atoms with Crippen molar-refractivity contribution >= 4 is 23.6 Å². The Morgan fingerprint density at radius 3 is 2.83 bits per heavy atom. The van der Waals surface area contributed by atoms with Crippen LogP contribution in [-0.2, 0) is 11.3 Å². The van der Waals surface area contributed by atoms with Crippen molar-refractivity contribution in [2.24, 2.45) is 10.7 Å².